The molecule has 6 heteroatoms. The molecule has 0 aliphatic carbocycles. The van der Waals surface area contributed by atoms with Crippen LogP contribution in [0.25, 0.3) is 0 Å². The van der Waals surface area contributed by atoms with Crippen molar-refractivity contribution in [2.24, 2.45) is 0 Å². The molecular formula is C13H14N2O4. The van der Waals surface area contributed by atoms with Crippen LogP contribution < -0.4 is 4.74 Å². The van der Waals surface area contributed by atoms with Gasteiger partial charge >= 0.3 is 5.97 Å². The number of rotatable bonds is 4. The number of methoxy groups -OCH3 is 1. The summed E-state index contributed by atoms with van der Waals surface area (Å²) in [6, 6.07) is 3.35. The molecule has 0 unspecified atom stereocenters. The Morgan fingerprint density at radius 2 is 2.21 bits per heavy atom. The van der Waals surface area contributed by atoms with Crippen LogP contribution in [0.3, 0.4) is 0 Å². The van der Waals surface area contributed by atoms with Crippen LogP contribution >= 0.6 is 0 Å². The van der Waals surface area contributed by atoms with E-state index in [1.54, 1.807) is 12.1 Å². The summed E-state index contributed by atoms with van der Waals surface area (Å²) in [5.41, 5.74) is 1.78. The van der Waals surface area contributed by atoms with Crippen molar-refractivity contribution in [3.8, 4) is 5.75 Å². The molecule has 0 aromatic carbocycles. The fourth-order valence-electron chi connectivity index (χ4n) is 1.61. The largest absolute Gasteiger partial charge is 0.486 e. The van der Waals surface area contributed by atoms with Crippen LogP contribution in [0, 0.1) is 13.8 Å². The van der Waals surface area contributed by atoms with Gasteiger partial charge in [0.2, 0.25) is 0 Å². The molecule has 0 amide bonds. The van der Waals surface area contributed by atoms with Crippen molar-refractivity contribution in [2.75, 3.05) is 7.11 Å². The molecule has 100 valence electrons. The van der Waals surface area contributed by atoms with Gasteiger partial charge in [0, 0.05) is 6.20 Å². The summed E-state index contributed by atoms with van der Waals surface area (Å²) < 4.78 is 15.3. The van der Waals surface area contributed by atoms with Gasteiger partial charge in [0.05, 0.1) is 18.4 Å². The summed E-state index contributed by atoms with van der Waals surface area (Å²) in [6.45, 7) is 3.90. The molecular weight excluding hydrogens is 248 g/mol. The summed E-state index contributed by atoms with van der Waals surface area (Å²) in [5.74, 6) is 0.532. The number of aromatic nitrogens is 2. The minimum Gasteiger partial charge on any atom is -0.486 e. The Labute approximate surface area is 110 Å². The van der Waals surface area contributed by atoms with E-state index in [0.717, 1.165) is 11.3 Å². The summed E-state index contributed by atoms with van der Waals surface area (Å²) in [5, 5.41) is 3.84. The molecule has 0 fully saturated rings. The van der Waals surface area contributed by atoms with Crippen molar-refractivity contribution < 1.29 is 18.8 Å². The zero-order valence-electron chi connectivity index (χ0n) is 11.0. The van der Waals surface area contributed by atoms with E-state index < -0.39 is 5.97 Å². The van der Waals surface area contributed by atoms with Crippen LogP contribution in [0.4, 0.5) is 0 Å². The smallest absolute Gasteiger partial charge is 0.360 e. The highest BCUT2D eigenvalue weighted by Crippen LogP contribution is 2.20. The number of pyridine rings is 1. The first-order valence-corrected chi connectivity index (χ1v) is 5.71. The molecule has 6 nitrogen and oxygen atoms in total. The Hall–Kier alpha value is -2.37. The predicted molar refractivity (Wildman–Crippen MR) is 65.9 cm³/mol. The summed E-state index contributed by atoms with van der Waals surface area (Å²) in [6.07, 6.45) is 1.51. The van der Waals surface area contributed by atoms with Crippen molar-refractivity contribution >= 4 is 5.97 Å². The minimum absolute atomic E-state index is 0.150. The maximum absolute atomic E-state index is 11.5. The Balaban J connectivity index is 2.18. The number of esters is 1. The Morgan fingerprint density at radius 1 is 1.42 bits per heavy atom. The SMILES string of the molecule is COC(=O)c1ncccc1OCc1c(C)noc1C. The maximum Gasteiger partial charge on any atom is 0.360 e. The van der Waals surface area contributed by atoms with E-state index >= 15 is 0 Å². The van der Waals surface area contributed by atoms with E-state index in [2.05, 4.69) is 14.9 Å². The zero-order valence-corrected chi connectivity index (χ0v) is 11.0. The topological polar surface area (TPSA) is 74.5 Å². The highest BCUT2D eigenvalue weighted by atomic mass is 16.5. The van der Waals surface area contributed by atoms with E-state index in [1.165, 1.54) is 13.3 Å². The van der Waals surface area contributed by atoms with Gasteiger partial charge in [-0.25, -0.2) is 9.78 Å². The average molecular weight is 262 g/mol. The van der Waals surface area contributed by atoms with Gasteiger partial charge < -0.3 is 14.0 Å². The molecule has 0 spiro atoms. The second-order valence-corrected chi connectivity index (χ2v) is 3.93. The predicted octanol–water partition coefficient (Wildman–Crippen LogP) is 2.05. The van der Waals surface area contributed by atoms with E-state index in [0.29, 0.717) is 11.5 Å². The van der Waals surface area contributed by atoms with Crippen LogP contribution in [0.1, 0.15) is 27.5 Å². The van der Waals surface area contributed by atoms with Gasteiger partial charge in [-0.05, 0) is 26.0 Å². The number of nitrogens with zero attached hydrogens (tertiary/aromatic N) is 2. The molecule has 2 aromatic heterocycles. The number of aryl methyl sites for hydroxylation is 2. The number of hydrogen-bond acceptors (Lipinski definition) is 6. The lowest BCUT2D eigenvalue weighted by Gasteiger charge is -2.08. The summed E-state index contributed by atoms with van der Waals surface area (Å²) >= 11 is 0. The molecule has 0 aliphatic rings. The van der Waals surface area contributed by atoms with Gasteiger partial charge in [-0.1, -0.05) is 5.16 Å². The third-order valence-electron chi connectivity index (χ3n) is 2.70. The number of carbonyl (C=O) groups excluding carboxylic acids is 1. The van der Waals surface area contributed by atoms with Gasteiger partial charge in [-0.2, -0.15) is 0 Å². The quantitative estimate of drug-likeness (QED) is 0.785. The summed E-state index contributed by atoms with van der Waals surface area (Å²) in [4.78, 5) is 15.5. The summed E-state index contributed by atoms with van der Waals surface area (Å²) in [7, 11) is 1.30. The van der Waals surface area contributed by atoms with Crippen molar-refractivity contribution in [3.63, 3.8) is 0 Å². The van der Waals surface area contributed by atoms with Gasteiger partial charge in [0.15, 0.2) is 11.4 Å². The lowest BCUT2D eigenvalue weighted by molar-refractivity contribution is 0.0588. The van der Waals surface area contributed by atoms with Crippen molar-refractivity contribution in [1.82, 2.24) is 10.1 Å². The van der Waals surface area contributed by atoms with Gasteiger partial charge in [0.1, 0.15) is 12.4 Å². The molecule has 19 heavy (non-hydrogen) atoms. The molecule has 0 atom stereocenters. The van der Waals surface area contributed by atoms with Crippen LogP contribution in [-0.2, 0) is 11.3 Å². The van der Waals surface area contributed by atoms with Crippen LogP contribution in [0.2, 0.25) is 0 Å². The lowest BCUT2D eigenvalue weighted by Crippen LogP contribution is -2.08. The molecule has 2 heterocycles. The Morgan fingerprint density at radius 3 is 2.84 bits per heavy atom. The minimum atomic E-state index is -0.533. The molecule has 0 radical (unpaired) electrons. The van der Waals surface area contributed by atoms with Gasteiger partial charge in [-0.3, -0.25) is 0 Å². The number of carbonyl (C=O) groups is 1. The van der Waals surface area contributed by atoms with Crippen molar-refractivity contribution in [3.05, 3.63) is 41.0 Å². The third kappa shape index (κ3) is 2.73. The fourth-order valence-corrected chi connectivity index (χ4v) is 1.61. The number of ether oxygens (including phenoxy) is 2. The number of hydrogen-bond donors (Lipinski definition) is 0. The molecule has 2 aromatic rings. The van der Waals surface area contributed by atoms with Crippen molar-refractivity contribution in [1.29, 1.82) is 0 Å². The van der Waals surface area contributed by atoms with E-state index in [-0.39, 0.29) is 12.3 Å². The molecule has 0 saturated heterocycles. The van der Waals surface area contributed by atoms with Crippen LogP contribution in [-0.4, -0.2) is 23.2 Å². The van der Waals surface area contributed by atoms with Crippen LogP contribution in [0.5, 0.6) is 5.75 Å². The van der Waals surface area contributed by atoms with Gasteiger partial charge in [-0.15, -0.1) is 0 Å². The third-order valence-corrected chi connectivity index (χ3v) is 2.70. The Bertz CT molecular complexity index is 573. The van der Waals surface area contributed by atoms with Crippen molar-refractivity contribution in [2.45, 2.75) is 20.5 Å². The standard InChI is InChI=1S/C13H14N2O4/c1-8-10(9(2)19-15-8)7-18-11-5-4-6-14-12(11)13(16)17-3/h4-6H,7H2,1-3H3. The zero-order chi connectivity index (χ0) is 13.8. The first-order valence-electron chi connectivity index (χ1n) is 5.71. The first kappa shape index (κ1) is 13.1. The van der Waals surface area contributed by atoms with E-state index in [1.807, 2.05) is 13.8 Å². The second kappa shape index (κ2) is 5.51. The molecule has 0 saturated carbocycles. The molecule has 0 aliphatic heterocycles. The highest BCUT2D eigenvalue weighted by Gasteiger charge is 2.16. The Kier molecular flexibility index (Phi) is 3.79. The highest BCUT2D eigenvalue weighted by molar-refractivity contribution is 5.90. The fraction of sp³-hybridized carbons (Fsp3) is 0.308. The lowest BCUT2D eigenvalue weighted by atomic mass is 10.2. The van der Waals surface area contributed by atoms with Gasteiger partial charge in [0.25, 0.3) is 0 Å². The normalized spacial score (nSPS) is 10.3. The second-order valence-electron chi connectivity index (χ2n) is 3.93. The maximum atomic E-state index is 11.5. The average Bonchev–Trinajstić information content (AvgIpc) is 2.75. The van der Waals surface area contributed by atoms with Crippen LogP contribution in [0.15, 0.2) is 22.9 Å². The molecule has 2 rings (SSSR count). The molecule has 0 N–H and O–H groups in total. The van der Waals surface area contributed by atoms with E-state index in [9.17, 15) is 4.79 Å². The van der Waals surface area contributed by atoms with E-state index in [4.69, 9.17) is 9.26 Å². The first-order chi connectivity index (χ1) is 9.13. The molecule has 0 bridgehead atoms. The monoisotopic (exact) mass is 262 g/mol.